The Morgan fingerprint density at radius 3 is 2.81 bits per heavy atom. The van der Waals surface area contributed by atoms with Gasteiger partial charge < -0.3 is 14.8 Å². The van der Waals surface area contributed by atoms with Gasteiger partial charge in [-0.15, -0.1) is 0 Å². The summed E-state index contributed by atoms with van der Waals surface area (Å²) < 4.78 is 1.98. The van der Waals surface area contributed by atoms with E-state index in [4.69, 9.17) is 23.2 Å². The van der Waals surface area contributed by atoms with Crippen LogP contribution >= 0.6 is 23.2 Å². The second-order valence-electron chi connectivity index (χ2n) is 6.46. The van der Waals surface area contributed by atoms with Crippen LogP contribution in [0.25, 0.3) is 11.0 Å². The number of fused-ring (bicyclic) bond motifs is 1. The van der Waals surface area contributed by atoms with Crippen molar-refractivity contribution in [3.8, 4) is 0 Å². The second kappa shape index (κ2) is 6.45. The molecule has 1 fully saturated rings. The first-order valence-electron chi connectivity index (χ1n) is 8.22. The fourth-order valence-corrected chi connectivity index (χ4v) is 3.51. The van der Waals surface area contributed by atoms with E-state index >= 15 is 0 Å². The molecule has 1 aromatic carbocycles. The van der Waals surface area contributed by atoms with Crippen molar-refractivity contribution in [1.82, 2.24) is 19.9 Å². The highest BCUT2D eigenvalue weighted by Gasteiger charge is 2.30. The molecule has 8 heteroatoms. The first-order valence-corrected chi connectivity index (χ1v) is 8.98. The molecule has 3 aromatic rings. The predicted octanol–water partition coefficient (Wildman–Crippen LogP) is 3.20. The first-order chi connectivity index (χ1) is 12.4. The van der Waals surface area contributed by atoms with Crippen LogP contribution in [0.5, 0.6) is 0 Å². The summed E-state index contributed by atoms with van der Waals surface area (Å²) >= 11 is 12.1. The van der Waals surface area contributed by atoms with Crippen LogP contribution in [0.1, 0.15) is 16.2 Å². The Morgan fingerprint density at radius 2 is 2.04 bits per heavy atom. The summed E-state index contributed by atoms with van der Waals surface area (Å²) in [6.45, 7) is 3.30. The zero-order chi connectivity index (χ0) is 18.4. The highest BCUT2D eigenvalue weighted by Crippen LogP contribution is 2.30. The lowest BCUT2D eigenvalue weighted by Gasteiger charge is -2.41. The number of aryl methyl sites for hydroxylation is 2. The van der Waals surface area contributed by atoms with E-state index in [1.165, 1.54) is 6.20 Å². The average molecular weight is 390 g/mol. The molecular formula is C18H17Cl2N5O. The number of anilines is 1. The quantitative estimate of drug-likeness (QED) is 0.698. The van der Waals surface area contributed by atoms with E-state index < -0.39 is 0 Å². The van der Waals surface area contributed by atoms with Crippen LogP contribution in [0.4, 0.5) is 5.69 Å². The van der Waals surface area contributed by atoms with Gasteiger partial charge in [-0.05, 0) is 25.1 Å². The molecule has 0 radical (unpaired) electrons. The summed E-state index contributed by atoms with van der Waals surface area (Å²) in [5.41, 5.74) is 3.30. The molecule has 134 valence electrons. The van der Waals surface area contributed by atoms with Crippen molar-refractivity contribution < 1.29 is 4.79 Å². The maximum atomic E-state index is 12.6. The fourth-order valence-electron chi connectivity index (χ4n) is 3.13. The summed E-state index contributed by atoms with van der Waals surface area (Å²) in [5, 5.41) is 4.01. The third kappa shape index (κ3) is 2.99. The molecule has 0 aliphatic carbocycles. The molecular weight excluding hydrogens is 373 g/mol. The van der Waals surface area contributed by atoms with Gasteiger partial charge in [-0.25, -0.2) is 9.97 Å². The zero-order valence-electron chi connectivity index (χ0n) is 14.3. The van der Waals surface area contributed by atoms with Gasteiger partial charge in [-0.2, -0.15) is 0 Å². The number of benzene rings is 1. The normalized spacial score (nSPS) is 14.5. The maximum Gasteiger partial charge on any atom is 0.251 e. The minimum absolute atomic E-state index is 0.0643. The summed E-state index contributed by atoms with van der Waals surface area (Å²) in [6.07, 6.45) is 1.54. The number of carbonyl (C=O) groups excluding carboxylic acids is 1. The third-order valence-electron chi connectivity index (χ3n) is 4.73. The number of amides is 1. The van der Waals surface area contributed by atoms with Crippen LogP contribution in [0.3, 0.4) is 0 Å². The van der Waals surface area contributed by atoms with E-state index in [0.717, 1.165) is 22.5 Å². The summed E-state index contributed by atoms with van der Waals surface area (Å²) in [5.74, 6) is 0.828. The van der Waals surface area contributed by atoms with Crippen molar-refractivity contribution in [3.63, 3.8) is 0 Å². The number of halogens is 2. The first kappa shape index (κ1) is 17.1. The van der Waals surface area contributed by atoms with E-state index in [-0.39, 0.29) is 11.9 Å². The van der Waals surface area contributed by atoms with Gasteiger partial charge in [0.05, 0.1) is 27.8 Å². The number of imidazole rings is 1. The van der Waals surface area contributed by atoms with E-state index in [1.54, 1.807) is 12.1 Å². The number of nitrogens with one attached hydrogen (secondary N) is 1. The van der Waals surface area contributed by atoms with Crippen LogP contribution < -0.4 is 10.2 Å². The highest BCUT2D eigenvalue weighted by molar-refractivity contribution is 6.34. The number of hydrogen-bond acceptors (Lipinski definition) is 4. The van der Waals surface area contributed by atoms with E-state index in [9.17, 15) is 4.79 Å². The fraction of sp³-hybridized carbons (Fsp3) is 0.278. The zero-order valence-corrected chi connectivity index (χ0v) is 15.8. The van der Waals surface area contributed by atoms with Crippen molar-refractivity contribution in [2.75, 3.05) is 18.0 Å². The molecule has 0 spiro atoms. The SMILES string of the molecule is Cc1nc2ccc(C(=O)NC3CN(c4cc(Cl)ncc4Cl)C3)cc2n1C. The van der Waals surface area contributed by atoms with Crippen LogP contribution in [0, 0.1) is 6.92 Å². The van der Waals surface area contributed by atoms with Crippen molar-refractivity contribution in [2.45, 2.75) is 13.0 Å². The highest BCUT2D eigenvalue weighted by atomic mass is 35.5. The molecule has 26 heavy (non-hydrogen) atoms. The lowest BCUT2D eigenvalue weighted by atomic mass is 10.1. The second-order valence-corrected chi connectivity index (χ2v) is 7.25. The van der Waals surface area contributed by atoms with Gasteiger partial charge >= 0.3 is 0 Å². The molecule has 3 heterocycles. The lowest BCUT2D eigenvalue weighted by molar-refractivity contribution is 0.0930. The molecule has 1 aliphatic rings. The molecule has 1 amide bonds. The van der Waals surface area contributed by atoms with Gasteiger partial charge in [0.2, 0.25) is 0 Å². The Kier molecular flexibility index (Phi) is 4.25. The summed E-state index contributed by atoms with van der Waals surface area (Å²) in [4.78, 5) is 23.0. The van der Waals surface area contributed by atoms with E-state index in [1.807, 2.05) is 30.7 Å². The van der Waals surface area contributed by atoms with Crippen molar-refractivity contribution >= 4 is 45.8 Å². The van der Waals surface area contributed by atoms with Gasteiger partial charge in [-0.3, -0.25) is 4.79 Å². The Hall–Kier alpha value is -2.31. The number of rotatable bonds is 3. The molecule has 0 atom stereocenters. The molecule has 0 saturated carbocycles. The largest absolute Gasteiger partial charge is 0.366 e. The number of carbonyl (C=O) groups is 1. The lowest BCUT2D eigenvalue weighted by Crippen LogP contribution is -2.59. The molecule has 4 rings (SSSR count). The maximum absolute atomic E-state index is 12.6. The van der Waals surface area contributed by atoms with Crippen LogP contribution in [-0.2, 0) is 7.05 Å². The van der Waals surface area contributed by atoms with Crippen LogP contribution in [0.15, 0.2) is 30.5 Å². The molecule has 0 bridgehead atoms. The summed E-state index contributed by atoms with van der Waals surface area (Å²) in [7, 11) is 1.94. The Labute approximate surface area is 160 Å². The van der Waals surface area contributed by atoms with Gasteiger partial charge in [0.25, 0.3) is 5.91 Å². The van der Waals surface area contributed by atoms with Gasteiger partial charge in [-0.1, -0.05) is 23.2 Å². The van der Waals surface area contributed by atoms with E-state index in [0.29, 0.717) is 28.8 Å². The Bertz CT molecular complexity index is 1010. The molecule has 0 unspecified atom stereocenters. The molecule has 1 aliphatic heterocycles. The monoisotopic (exact) mass is 389 g/mol. The smallest absolute Gasteiger partial charge is 0.251 e. The Balaban J connectivity index is 1.43. The minimum Gasteiger partial charge on any atom is -0.366 e. The van der Waals surface area contributed by atoms with Crippen molar-refractivity contribution in [1.29, 1.82) is 0 Å². The topological polar surface area (TPSA) is 63.1 Å². The molecule has 2 aromatic heterocycles. The van der Waals surface area contributed by atoms with Gasteiger partial charge in [0.1, 0.15) is 11.0 Å². The Morgan fingerprint density at radius 1 is 1.27 bits per heavy atom. The van der Waals surface area contributed by atoms with Gasteiger partial charge in [0, 0.05) is 38.0 Å². The number of nitrogens with zero attached hydrogens (tertiary/aromatic N) is 4. The minimum atomic E-state index is -0.0886. The predicted molar refractivity (Wildman–Crippen MR) is 103 cm³/mol. The average Bonchev–Trinajstić information content (AvgIpc) is 2.87. The van der Waals surface area contributed by atoms with Crippen molar-refractivity contribution in [2.24, 2.45) is 7.05 Å². The van der Waals surface area contributed by atoms with Crippen LogP contribution in [-0.4, -0.2) is 39.6 Å². The number of aromatic nitrogens is 3. The van der Waals surface area contributed by atoms with Gasteiger partial charge in [0.15, 0.2) is 0 Å². The van der Waals surface area contributed by atoms with E-state index in [2.05, 4.69) is 20.2 Å². The number of pyridine rings is 1. The molecule has 1 saturated heterocycles. The van der Waals surface area contributed by atoms with Crippen LogP contribution in [0.2, 0.25) is 10.2 Å². The standard InChI is InChI=1S/C18H17Cl2N5O/c1-10-22-14-4-3-11(5-16(14)24(10)2)18(26)23-12-8-25(9-12)15-6-17(20)21-7-13(15)19/h3-7,12H,8-9H2,1-2H3,(H,23,26). The summed E-state index contributed by atoms with van der Waals surface area (Å²) in [6, 6.07) is 7.36. The third-order valence-corrected chi connectivity index (χ3v) is 5.22. The molecule has 1 N–H and O–H groups in total. The van der Waals surface area contributed by atoms with Crippen molar-refractivity contribution in [3.05, 3.63) is 52.0 Å². The molecule has 6 nitrogen and oxygen atoms in total. The number of hydrogen-bond donors (Lipinski definition) is 1.